The van der Waals surface area contributed by atoms with Crippen LogP contribution in [0.3, 0.4) is 0 Å². The van der Waals surface area contributed by atoms with Crippen LogP contribution in [0.4, 0.5) is 4.39 Å². The summed E-state index contributed by atoms with van der Waals surface area (Å²) in [7, 11) is 0. The maximum atomic E-state index is 13.4. The minimum absolute atomic E-state index is 0.171. The second kappa shape index (κ2) is 13.3. The number of benzene rings is 2. The molecule has 1 saturated heterocycles. The quantitative estimate of drug-likeness (QED) is 0.261. The molecular weight excluding hydrogens is 509 g/mol. The summed E-state index contributed by atoms with van der Waals surface area (Å²) in [6, 6.07) is 19.5. The van der Waals surface area contributed by atoms with Gasteiger partial charge in [0.15, 0.2) is 5.82 Å². The van der Waals surface area contributed by atoms with E-state index in [0.29, 0.717) is 31.1 Å². The van der Waals surface area contributed by atoms with Crippen molar-refractivity contribution in [2.24, 2.45) is 0 Å². The number of carboxylic acid groups (broad SMARTS) is 1. The number of aromatic nitrogens is 3. The number of hydrogen-bond acceptors (Lipinski definition) is 6. The zero-order valence-corrected chi connectivity index (χ0v) is 22.5. The van der Waals surface area contributed by atoms with Crippen LogP contribution in [0, 0.1) is 5.82 Å². The largest absolute Gasteiger partial charge is 0.494 e. The number of carbonyl (C=O) groups is 1. The van der Waals surface area contributed by atoms with Gasteiger partial charge in [0.2, 0.25) is 0 Å². The van der Waals surface area contributed by atoms with Crippen molar-refractivity contribution in [2.45, 2.75) is 25.9 Å². The molecule has 0 amide bonds. The lowest BCUT2D eigenvalue weighted by Gasteiger charge is -2.34. The van der Waals surface area contributed by atoms with Gasteiger partial charge in [0.1, 0.15) is 17.3 Å². The molecule has 1 aliphatic rings. The first-order valence-electron chi connectivity index (χ1n) is 13.7. The predicted molar refractivity (Wildman–Crippen MR) is 151 cm³/mol. The zero-order valence-electron chi connectivity index (χ0n) is 22.5. The molecule has 0 atom stereocenters. The topological polar surface area (TPSA) is 83.7 Å². The van der Waals surface area contributed by atoms with Crippen molar-refractivity contribution in [2.75, 3.05) is 39.3 Å². The minimum Gasteiger partial charge on any atom is -0.494 e. The fourth-order valence-electron chi connectivity index (χ4n) is 4.96. The van der Waals surface area contributed by atoms with Crippen LogP contribution < -0.4 is 4.74 Å². The van der Waals surface area contributed by atoms with Gasteiger partial charge in [-0.25, -0.2) is 14.2 Å². The Bertz CT molecular complexity index is 1390. The van der Waals surface area contributed by atoms with Crippen LogP contribution >= 0.6 is 0 Å². The molecule has 8 nitrogen and oxygen atoms in total. The molecule has 0 spiro atoms. The summed E-state index contributed by atoms with van der Waals surface area (Å²) >= 11 is 0. The highest BCUT2D eigenvalue weighted by Gasteiger charge is 2.21. The van der Waals surface area contributed by atoms with Gasteiger partial charge in [0.05, 0.1) is 24.1 Å². The average Bonchev–Trinajstić information content (AvgIpc) is 3.38. The van der Waals surface area contributed by atoms with Crippen molar-refractivity contribution in [3.05, 3.63) is 102 Å². The highest BCUT2D eigenvalue weighted by Crippen LogP contribution is 2.22. The number of piperazine rings is 1. The molecule has 1 aliphatic heterocycles. The van der Waals surface area contributed by atoms with Gasteiger partial charge in [-0.05, 0) is 54.8 Å². The summed E-state index contributed by atoms with van der Waals surface area (Å²) in [5.41, 5.74) is 2.76. The van der Waals surface area contributed by atoms with Gasteiger partial charge in [0.25, 0.3) is 0 Å². The molecule has 208 valence electrons. The van der Waals surface area contributed by atoms with E-state index in [9.17, 15) is 14.3 Å². The molecule has 0 radical (unpaired) electrons. The Hall–Kier alpha value is -4.08. The molecule has 0 aliphatic carbocycles. The third-order valence-electron chi connectivity index (χ3n) is 7.19. The van der Waals surface area contributed by atoms with Crippen LogP contribution in [0.5, 0.6) is 5.75 Å². The Kier molecular flexibility index (Phi) is 9.15. The fourth-order valence-corrected chi connectivity index (χ4v) is 4.96. The lowest BCUT2D eigenvalue weighted by Crippen LogP contribution is -2.46. The van der Waals surface area contributed by atoms with E-state index in [1.165, 1.54) is 24.4 Å². The molecule has 3 heterocycles. The van der Waals surface area contributed by atoms with Gasteiger partial charge in [-0.1, -0.05) is 30.3 Å². The van der Waals surface area contributed by atoms with Crippen LogP contribution in [-0.2, 0) is 19.5 Å². The van der Waals surface area contributed by atoms with Gasteiger partial charge in [-0.15, -0.1) is 0 Å². The van der Waals surface area contributed by atoms with E-state index < -0.39 is 5.97 Å². The number of ether oxygens (including phenoxy) is 1. The Morgan fingerprint density at radius 1 is 0.925 bits per heavy atom. The number of halogens is 1. The van der Waals surface area contributed by atoms with E-state index in [2.05, 4.69) is 24.3 Å². The zero-order chi connectivity index (χ0) is 27.7. The first kappa shape index (κ1) is 27.5. The summed E-state index contributed by atoms with van der Waals surface area (Å²) in [4.78, 5) is 25.5. The number of carboxylic acids is 1. The Morgan fingerprint density at radius 2 is 1.68 bits per heavy atom. The molecule has 1 N–H and O–H groups in total. The molecule has 0 bridgehead atoms. The second-order valence-electron chi connectivity index (χ2n) is 9.97. The standard InChI is InChI=1S/C31H34FN5O3/c32-26-9-7-24(8-10-26)12-15-37-27(22-34-30(37)29-21-25(31(38)39)11-13-33-29)23-36-18-16-35(17-19-36)14-4-20-40-28-5-2-1-3-6-28/h1-3,5-11,13,21-22H,4,12,14-20,23H2,(H,38,39). The number of hydrogen-bond donors (Lipinski definition) is 1. The van der Waals surface area contributed by atoms with Crippen molar-refractivity contribution in [3.8, 4) is 17.3 Å². The van der Waals surface area contributed by atoms with E-state index in [1.807, 2.05) is 36.5 Å². The van der Waals surface area contributed by atoms with Gasteiger partial charge < -0.3 is 19.3 Å². The number of para-hydroxylation sites is 1. The Labute approximate surface area is 233 Å². The lowest BCUT2D eigenvalue weighted by molar-refractivity contribution is 0.0696. The van der Waals surface area contributed by atoms with Gasteiger partial charge in [0, 0.05) is 52.0 Å². The maximum absolute atomic E-state index is 13.4. The second-order valence-corrected chi connectivity index (χ2v) is 9.97. The summed E-state index contributed by atoms with van der Waals surface area (Å²) in [5, 5.41) is 9.46. The summed E-state index contributed by atoms with van der Waals surface area (Å²) in [6.45, 7) is 6.95. The van der Waals surface area contributed by atoms with Crippen molar-refractivity contribution in [1.29, 1.82) is 0 Å². The highest BCUT2D eigenvalue weighted by molar-refractivity contribution is 5.88. The fraction of sp³-hybridized carbons (Fsp3) is 0.323. The van der Waals surface area contributed by atoms with Crippen molar-refractivity contribution >= 4 is 5.97 Å². The lowest BCUT2D eigenvalue weighted by atomic mass is 10.1. The molecule has 0 saturated carbocycles. The highest BCUT2D eigenvalue weighted by atomic mass is 19.1. The summed E-state index contributed by atoms with van der Waals surface area (Å²) in [6.07, 6.45) is 5.04. The third kappa shape index (κ3) is 7.31. The monoisotopic (exact) mass is 543 g/mol. The molecule has 9 heteroatoms. The normalized spacial score (nSPS) is 14.3. The third-order valence-corrected chi connectivity index (χ3v) is 7.19. The number of nitrogens with zero attached hydrogens (tertiary/aromatic N) is 5. The molecule has 1 fully saturated rings. The van der Waals surface area contributed by atoms with Crippen molar-refractivity contribution < 1.29 is 19.0 Å². The van der Waals surface area contributed by atoms with E-state index in [0.717, 1.165) is 62.7 Å². The SMILES string of the molecule is O=C(O)c1ccnc(-c2ncc(CN3CCN(CCCOc4ccccc4)CC3)n2CCc2ccc(F)cc2)c1. The molecule has 5 rings (SSSR count). The van der Waals surface area contributed by atoms with Gasteiger partial charge in [-0.3, -0.25) is 9.88 Å². The molecule has 0 unspecified atom stereocenters. The Balaban J connectivity index is 1.21. The maximum Gasteiger partial charge on any atom is 0.335 e. The Morgan fingerprint density at radius 3 is 2.42 bits per heavy atom. The number of aryl methyl sites for hydroxylation is 1. The molecule has 4 aromatic rings. The number of rotatable bonds is 12. The predicted octanol–water partition coefficient (Wildman–Crippen LogP) is 4.61. The van der Waals surface area contributed by atoms with E-state index >= 15 is 0 Å². The number of aromatic carboxylic acids is 1. The molecule has 2 aromatic carbocycles. The molecule has 40 heavy (non-hydrogen) atoms. The number of imidazole rings is 1. The molecular formula is C31H34FN5O3. The van der Waals surface area contributed by atoms with Crippen molar-refractivity contribution in [3.63, 3.8) is 0 Å². The summed E-state index contributed by atoms with van der Waals surface area (Å²) in [5.74, 6) is 0.285. The molecule has 2 aromatic heterocycles. The first-order chi connectivity index (χ1) is 19.5. The van der Waals surface area contributed by atoms with E-state index in [-0.39, 0.29) is 11.4 Å². The smallest absolute Gasteiger partial charge is 0.335 e. The van der Waals surface area contributed by atoms with Crippen LogP contribution in [0.15, 0.2) is 79.1 Å². The van der Waals surface area contributed by atoms with Gasteiger partial charge >= 0.3 is 5.97 Å². The van der Waals surface area contributed by atoms with E-state index in [4.69, 9.17) is 4.74 Å². The first-order valence-corrected chi connectivity index (χ1v) is 13.7. The minimum atomic E-state index is -1.00. The number of pyridine rings is 1. The van der Waals surface area contributed by atoms with Crippen LogP contribution in [0.2, 0.25) is 0 Å². The van der Waals surface area contributed by atoms with Gasteiger partial charge in [-0.2, -0.15) is 0 Å². The average molecular weight is 544 g/mol. The summed E-state index contributed by atoms with van der Waals surface area (Å²) < 4.78 is 21.4. The van der Waals surface area contributed by atoms with E-state index in [1.54, 1.807) is 18.2 Å². The van der Waals surface area contributed by atoms with Crippen LogP contribution in [0.25, 0.3) is 11.5 Å². The van der Waals surface area contributed by atoms with Crippen LogP contribution in [-0.4, -0.2) is 74.7 Å². The van der Waals surface area contributed by atoms with Crippen molar-refractivity contribution in [1.82, 2.24) is 24.3 Å². The van der Waals surface area contributed by atoms with Crippen LogP contribution in [0.1, 0.15) is 28.0 Å².